The molecule has 0 spiro atoms. The van der Waals surface area contributed by atoms with Crippen LogP contribution in [0.15, 0.2) is 46.1 Å². The Morgan fingerprint density at radius 3 is 2.46 bits per heavy atom. The van der Waals surface area contributed by atoms with Crippen LogP contribution in [0.3, 0.4) is 0 Å². The number of hydrogen-bond acceptors (Lipinski definition) is 5. The molecule has 2 aromatic carbocycles. The predicted molar refractivity (Wildman–Crippen MR) is 106 cm³/mol. The number of aliphatic hydroxyl groups excluding tert-OH is 1. The van der Waals surface area contributed by atoms with Crippen molar-refractivity contribution in [2.24, 2.45) is 0 Å². The van der Waals surface area contributed by atoms with E-state index in [1.807, 2.05) is 0 Å². The summed E-state index contributed by atoms with van der Waals surface area (Å²) in [7, 11) is -3.71. The lowest BCUT2D eigenvalue weighted by atomic mass is 9.94. The molecular weight excluding hydrogens is 380 g/mol. The minimum Gasteiger partial charge on any atom is -0.507 e. The zero-order chi connectivity index (χ0) is 19.9. The largest absolute Gasteiger partial charge is 0.507 e. The van der Waals surface area contributed by atoms with Gasteiger partial charge in [-0.2, -0.15) is 0 Å². The molecule has 0 fully saturated rings. The summed E-state index contributed by atoms with van der Waals surface area (Å²) in [5, 5.41) is 20.2. The molecule has 1 aromatic heterocycles. The Labute approximate surface area is 161 Å². The molecule has 1 aliphatic rings. The molecule has 0 atom stereocenters. The van der Waals surface area contributed by atoms with Crippen molar-refractivity contribution in [3.63, 3.8) is 0 Å². The summed E-state index contributed by atoms with van der Waals surface area (Å²) < 4.78 is 26.7. The number of rotatable bonds is 5. The van der Waals surface area contributed by atoms with Crippen molar-refractivity contribution in [1.82, 2.24) is 9.71 Å². The highest BCUT2D eigenvalue weighted by atomic mass is 32.2. The smallest absolute Gasteiger partial charge is 0.251 e. The van der Waals surface area contributed by atoms with Gasteiger partial charge in [0.2, 0.25) is 10.0 Å². The van der Waals surface area contributed by atoms with E-state index in [9.17, 15) is 18.3 Å². The maximum atomic E-state index is 12.3. The summed E-state index contributed by atoms with van der Waals surface area (Å²) in [4.78, 5) is 15.3. The van der Waals surface area contributed by atoms with E-state index in [0.717, 1.165) is 29.4 Å². The zero-order valence-corrected chi connectivity index (χ0v) is 15.8. The van der Waals surface area contributed by atoms with Gasteiger partial charge in [0.1, 0.15) is 5.75 Å². The van der Waals surface area contributed by atoms with Crippen LogP contribution in [0.5, 0.6) is 5.75 Å². The number of hydrogen-bond donors (Lipinski definition) is 4. The van der Waals surface area contributed by atoms with Gasteiger partial charge in [-0.25, -0.2) is 13.1 Å². The van der Waals surface area contributed by atoms with E-state index in [1.165, 1.54) is 18.2 Å². The Morgan fingerprint density at radius 1 is 1.04 bits per heavy atom. The van der Waals surface area contributed by atoms with Crippen molar-refractivity contribution in [2.75, 3.05) is 13.2 Å². The first-order valence-corrected chi connectivity index (χ1v) is 10.5. The number of benzene rings is 2. The molecule has 0 aliphatic heterocycles. The van der Waals surface area contributed by atoms with Crippen LogP contribution >= 0.6 is 0 Å². The first-order valence-electron chi connectivity index (χ1n) is 9.03. The van der Waals surface area contributed by atoms with Gasteiger partial charge in [-0.3, -0.25) is 4.79 Å². The second-order valence-corrected chi connectivity index (χ2v) is 8.56. The number of fused-ring (bicyclic) bond motifs is 3. The fraction of sp³-hybridized carbons (Fsp3) is 0.250. The molecule has 0 unspecified atom stereocenters. The van der Waals surface area contributed by atoms with E-state index < -0.39 is 10.0 Å². The third-order valence-electron chi connectivity index (χ3n) is 5.08. The summed E-state index contributed by atoms with van der Waals surface area (Å²) in [6.45, 7) is -0.349. The Morgan fingerprint density at radius 2 is 1.75 bits per heavy atom. The molecule has 4 N–H and O–H groups in total. The maximum absolute atomic E-state index is 12.3. The Bertz CT molecular complexity index is 1210. The van der Waals surface area contributed by atoms with Crippen molar-refractivity contribution in [2.45, 2.75) is 24.2 Å². The average molecular weight is 400 g/mol. The van der Waals surface area contributed by atoms with Crippen LogP contribution in [0.2, 0.25) is 0 Å². The third kappa shape index (κ3) is 3.09. The van der Waals surface area contributed by atoms with Crippen LogP contribution < -0.4 is 10.3 Å². The quantitative estimate of drug-likeness (QED) is 0.519. The second kappa shape index (κ2) is 7.05. The first kappa shape index (κ1) is 18.7. The van der Waals surface area contributed by atoms with Crippen LogP contribution in [0.1, 0.15) is 17.5 Å². The fourth-order valence-corrected chi connectivity index (χ4v) is 4.85. The van der Waals surface area contributed by atoms with Gasteiger partial charge < -0.3 is 15.2 Å². The summed E-state index contributed by atoms with van der Waals surface area (Å²) in [6, 6.07) is 9.40. The molecule has 0 amide bonds. The lowest BCUT2D eigenvalue weighted by Crippen LogP contribution is -2.26. The molecule has 0 radical (unpaired) electrons. The van der Waals surface area contributed by atoms with Gasteiger partial charge in [-0.15, -0.1) is 0 Å². The number of aromatic hydroxyl groups is 1. The number of aromatic amines is 1. The first-order chi connectivity index (χ1) is 13.4. The summed E-state index contributed by atoms with van der Waals surface area (Å²) in [5.41, 5.74) is 3.51. The van der Waals surface area contributed by atoms with E-state index in [4.69, 9.17) is 5.11 Å². The normalized spacial score (nSPS) is 13.8. The number of phenolic OH excluding ortho intramolecular Hbond substituents is 1. The Balaban J connectivity index is 1.87. The number of nitrogens with one attached hydrogen (secondary N) is 2. The van der Waals surface area contributed by atoms with Gasteiger partial charge in [0.25, 0.3) is 5.56 Å². The van der Waals surface area contributed by atoms with E-state index in [0.29, 0.717) is 23.1 Å². The van der Waals surface area contributed by atoms with Gasteiger partial charge in [0, 0.05) is 28.6 Å². The van der Waals surface area contributed by atoms with Crippen molar-refractivity contribution >= 4 is 20.9 Å². The lowest BCUT2D eigenvalue weighted by molar-refractivity contribution is 0.301. The molecule has 8 heteroatoms. The van der Waals surface area contributed by atoms with Crippen molar-refractivity contribution in [3.05, 3.63) is 57.9 Å². The van der Waals surface area contributed by atoms with E-state index in [2.05, 4.69) is 9.71 Å². The number of aliphatic hydroxyl groups is 1. The van der Waals surface area contributed by atoms with E-state index >= 15 is 0 Å². The van der Waals surface area contributed by atoms with Gasteiger partial charge >= 0.3 is 0 Å². The SMILES string of the molecule is O=c1[nH]c2ccc(O)c(-c3ccc(S(=O)(=O)NCCO)cc3)c2c2c1CCC2. The number of sulfonamides is 1. The molecule has 0 saturated heterocycles. The molecule has 28 heavy (non-hydrogen) atoms. The van der Waals surface area contributed by atoms with Crippen LogP contribution in [0.25, 0.3) is 22.0 Å². The molecule has 1 aliphatic carbocycles. The van der Waals surface area contributed by atoms with E-state index in [1.54, 1.807) is 18.2 Å². The zero-order valence-electron chi connectivity index (χ0n) is 15.0. The highest BCUT2D eigenvalue weighted by Crippen LogP contribution is 2.40. The summed E-state index contributed by atoms with van der Waals surface area (Å²) >= 11 is 0. The summed E-state index contributed by atoms with van der Waals surface area (Å²) in [5.74, 6) is 0.0719. The number of phenols is 1. The van der Waals surface area contributed by atoms with Crippen LogP contribution in [0.4, 0.5) is 0 Å². The Kier molecular flexibility index (Phi) is 4.70. The van der Waals surface area contributed by atoms with Gasteiger partial charge in [0.05, 0.1) is 11.5 Å². The monoisotopic (exact) mass is 400 g/mol. The molecule has 3 aromatic rings. The maximum Gasteiger partial charge on any atom is 0.251 e. The lowest BCUT2D eigenvalue weighted by Gasteiger charge is -2.14. The highest BCUT2D eigenvalue weighted by Gasteiger charge is 2.22. The molecule has 0 bridgehead atoms. The minimum atomic E-state index is -3.71. The van der Waals surface area contributed by atoms with Crippen molar-refractivity contribution in [1.29, 1.82) is 0 Å². The number of pyridine rings is 1. The molecular formula is C20H20N2O5S. The topological polar surface area (TPSA) is 119 Å². The van der Waals surface area contributed by atoms with E-state index in [-0.39, 0.29) is 29.4 Å². The minimum absolute atomic E-state index is 0.0618. The fourth-order valence-electron chi connectivity index (χ4n) is 3.83. The molecule has 4 rings (SSSR count). The predicted octanol–water partition coefficient (Wildman–Crippen LogP) is 1.66. The van der Waals surface area contributed by atoms with Gasteiger partial charge in [-0.05, 0) is 54.7 Å². The van der Waals surface area contributed by atoms with Crippen molar-refractivity contribution in [3.8, 4) is 16.9 Å². The third-order valence-corrected chi connectivity index (χ3v) is 6.56. The molecule has 1 heterocycles. The Hall–Kier alpha value is -2.68. The number of aromatic nitrogens is 1. The van der Waals surface area contributed by atoms with Crippen LogP contribution in [-0.4, -0.2) is 36.8 Å². The second-order valence-electron chi connectivity index (χ2n) is 6.79. The number of aryl methyl sites for hydroxylation is 1. The highest BCUT2D eigenvalue weighted by molar-refractivity contribution is 7.89. The number of H-pyrrole nitrogens is 1. The molecule has 0 saturated carbocycles. The van der Waals surface area contributed by atoms with Crippen LogP contribution in [0, 0.1) is 0 Å². The summed E-state index contributed by atoms with van der Waals surface area (Å²) in [6.07, 6.45) is 2.37. The van der Waals surface area contributed by atoms with Gasteiger partial charge in [-0.1, -0.05) is 12.1 Å². The standard InChI is InChI=1S/C20H20N2O5S/c23-11-10-21-28(26,27)13-6-4-12(5-7-13)18-17(24)9-8-16-19(18)14-2-1-3-15(14)20(25)22-16/h4-9,21,23-24H,1-3,10-11H2,(H,22,25). The van der Waals surface area contributed by atoms with Crippen LogP contribution in [-0.2, 0) is 22.9 Å². The average Bonchev–Trinajstić information content (AvgIpc) is 3.18. The van der Waals surface area contributed by atoms with Crippen molar-refractivity contribution < 1.29 is 18.6 Å². The molecule has 7 nitrogen and oxygen atoms in total. The molecule has 146 valence electrons. The van der Waals surface area contributed by atoms with Gasteiger partial charge in [0.15, 0.2) is 0 Å².